The predicted octanol–water partition coefficient (Wildman–Crippen LogP) is 1.99. The fourth-order valence-corrected chi connectivity index (χ4v) is 1.55. The Morgan fingerprint density at radius 1 is 1.28 bits per heavy atom. The fourth-order valence-electron chi connectivity index (χ4n) is 1.36. The lowest BCUT2D eigenvalue weighted by Crippen LogP contribution is -2.37. The van der Waals surface area contributed by atoms with Crippen LogP contribution in [-0.4, -0.2) is 24.9 Å². The van der Waals surface area contributed by atoms with Gasteiger partial charge in [0, 0.05) is 17.1 Å². The maximum Gasteiger partial charge on any atom is 0.251 e. The third-order valence-electron chi connectivity index (χ3n) is 2.35. The standard InChI is InChI=1S/C13H17ClN2O2/c1-2-3-7-15-12(17)9-16-13(18)10-5-4-6-11(14)8-10/h4-6,8H,2-3,7,9H2,1H3,(H,15,17)(H,16,18). The molecule has 0 saturated heterocycles. The van der Waals surface area contributed by atoms with E-state index in [2.05, 4.69) is 10.6 Å². The molecule has 0 aliphatic carbocycles. The maximum atomic E-state index is 11.7. The molecule has 0 radical (unpaired) electrons. The van der Waals surface area contributed by atoms with E-state index in [4.69, 9.17) is 11.6 Å². The van der Waals surface area contributed by atoms with Crippen LogP contribution in [0.15, 0.2) is 24.3 Å². The van der Waals surface area contributed by atoms with Crippen LogP contribution in [0, 0.1) is 0 Å². The summed E-state index contributed by atoms with van der Waals surface area (Å²) in [6.07, 6.45) is 1.96. The van der Waals surface area contributed by atoms with Crippen LogP contribution in [0.4, 0.5) is 0 Å². The van der Waals surface area contributed by atoms with Crippen LogP contribution in [0.5, 0.6) is 0 Å². The summed E-state index contributed by atoms with van der Waals surface area (Å²) < 4.78 is 0. The topological polar surface area (TPSA) is 58.2 Å². The molecule has 0 heterocycles. The molecule has 18 heavy (non-hydrogen) atoms. The predicted molar refractivity (Wildman–Crippen MR) is 71.7 cm³/mol. The van der Waals surface area contributed by atoms with E-state index in [9.17, 15) is 9.59 Å². The SMILES string of the molecule is CCCCNC(=O)CNC(=O)c1cccc(Cl)c1. The van der Waals surface area contributed by atoms with Crippen LogP contribution in [0.2, 0.25) is 5.02 Å². The molecule has 0 bridgehead atoms. The molecule has 0 spiro atoms. The molecule has 4 nitrogen and oxygen atoms in total. The Kier molecular flexibility index (Phi) is 6.22. The van der Waals surface area contributed by atoms with E-state index in [1.165, 1.54) is 0 Å². The zero-order valence-electron chi connectivity index (χ0n) is 10.3. The molecule has 0 aromatic heterocycles. The second kappa shape index (κ2) is 7.71. The van der Waals surface area contributed by atoms with Gasteiger partial charge in [-0.05, 0) is 24.6 Å². The minimum atomic E-state index is -0.303. The Morgan fingerprint density at radius 2 is 2.06 bits per heavy atom. The number of nitrogens with one attached hydrogen (secondary N) is 2. The molecule has 2 amide bonds. The average molecular weight is 269 g/mol. The van der Waals surface area contributed by atoms with E-state index < -0.39 is 0 Å². The Labute approximate surface area is 112 Å². The van der Waals surface area contributed by atoms with Crippen molar-refractivity contribution in [1.29, 1.82) is 0 Å². The first-order valence-electron chi connectivity index (χ1n) is 5.94. The fraction of sp³-hybridized carbons (Fsp3) is 0.385. The smallest absolute Gasteiger partial charge is 0.251 e. The van der Waals surface area contributed by atoms with Gasteiger partial charge in [0.1, 0.15) is 0 Å². The van der Waals surface area contributed by atoms with Crippen molar-refractivity contribution in [1.82, 2.24) is 10.6 Å². The Hall–Kier alpha value is -1.55. The van der Waals surface area contributed by atoms with Crippen molar-refractivity contribution in [2.45, 2.75) is 19.8 Å². The lowest BCUT2D eigenvalue weighted by molar-refractivity contribution is -0.120. The van der Waals surface area contributed by atoms with Crippen LogP contribution in [0.1, 0.15) is 30.1 Å². The molecule has 98 valence electrons. The highest BCUT2D eigenvalue weighted by Crippen LogP contribution is 2.10. The third kappa shape index (κ3) is 5.19. The molecule has 0 aliphatic rings. The van der Waals surface area contributed by atoms with Crippen LogP contribution in [-0.2, 0) is 4.79 Å². The number of halogens is 1. The highest BCUT2D eigenvalue weighted by molar-refractivity contribution is 6.30. The Morgan fingerprint density at radius 3 is 2.72 bits per heavy atom. The number of unbranched alkanes of at least 4 members (excludes halogenated alkanes) is 1. The van der Waals surface area contributed by atoms with Gasteiger partial charge in [0.15, 0.2) is 0 Å². The average Bonchev–Trinajstić information content (AvgIpc) is 2.36. The lowest BCUT2D eigenvalue weighted by atomic mass is 10.2. The molecule has 0 saturated carbocycles. The first-order valence-corrected chi connectivity index (χ1v) is 6.31. The number of carbonyl (C=O) groups is 2. The molecule has 0 atom stereocenters. The first-order chi connectivity index (χ1) is 8.63. The molecule has 1 aromatic rings. The van der Waals surface area contributed by atoms with Crippen molar-refractivity contribution < 1.29 is 9.59 Å². The van der Waals surface area contributed by atoms with Crippen molar-refractivity contribution in [2.75, 3.05) is 13.1 Å². The summed E-state index contributed by atoms with van der Waals surface area (Å²) in [6.45, 7) is 2.67. The Bertz CT molecular complexity index is 421. The van der Waals surface area contributed by atoms with E-state index in [1.54, 1.807) is 24.3 Å². The number of benzene rings is 1. The summed E-state index contributed by atoms with van der Waals surface area (Å²) in [4.78, 5) is 23.1. The van der Waals surface area contributed by atoms with Crippen LogP contribution >= 0.6 is 11.6 Å². The summed E-state index contributed by atoms with van der Waals surface area (Å²) in [7, 11) is 0. The van der Waals surface area contributed by atoms with Crippen LogP contribution in [0.25, 0.3) is 0 Å². The van der Waals surface area contributed by atoms with Crippen molar-refractivity contribution in [2.24, 2.45) is 0 Å². The summed E-state index contributed by atoms with van der Waals surface area (Å²) >= 11 is 5.78. The molecule has 2 N–H and O–H groups in total. The molecule has 1 aromatic carbocycles. The number of rotatable bonds is 6. The van der Waals surface area contributed by atoms with Gasteiger partial charge in [-0.15, -0.1) is 0 Å². The van der Waals surface area contributed by atoms with E-state index in [0.29, 0.717) is 17.1 Å². The maximum absolute atomic E-state index is 11.7. The minimum absolute atomic E-state index is 0.0188. The van der Waals surface area contributed by atoms with Gasteiger partial charge in [0.2, 0.25) is 5.91 Å². The molecule has 1 rings (SSSR count). The second-order valence-corrected chi connectivity index (χ2v) is 4.33. The van der Waals surface area contributed by atoms with E-state index >= 15 is 0 Å². The number of hydrogen-bond donors (Lipinski definition) is 2. The van der Waals surface area contributed by atoms with Crippen LogP contribution < -0.4 is 10.6 Å². The van der Waals surface area contributed by atoms with Crippen molar-refractivity contribution in [3.05, 3.63) is 34.9 Å². The van der Waals surface area contributed by atoms with Crippen LogP contribution in [0.3, 0.4) is 0 Å². The van der Waals surface area contributed by atoms with Gasteiger partial charge in [0.05, 0.1) is 6.54 Å². The van der Waals surface area contributed by atoms with Gasteiger partial charge in [-0.25, -0.2) is 0 Å². The summed E-state index contributed by atoms with van der Waals surface area (Å²) in [5.74, 6) is -0.484. The quantitative estimate of drug-likeness (QED) is 0.775. The summed E-state index contributed by atoms with van der Waals surface area (Å²) in [6, 6.07) is 6.59. The molecular weight excluding hydrogens is 252 g/mol. The van der Waals surface area contributed by atoms with Crippen molar-refractivity contribution in [3.8, 4) is 0 Å². The van der Waals surface area contributed by atoms with E-state index in [1.807, 2.05) is 6.92 Å². The number of carbonyl (C=O) groups excluding carboxylic acids is 2. The minimum Gasteiger partial charge on any atom is -0.355 e. The highest BCUT2D eigenvalue weighted by atomic mass is 35.5. The molecule has 0 unspecified atom stereocenters. The summed E-state index contributed by atoms with van der Waals surface area (Å²) in [5, 5.41) is 5.76. The van der Waals surface area contributed by atoms with E-state index in [-0.39, 0.29) is 18.4 Å². The molecular formula is C13H17ClN2O2. The van der Waals surface area contributed by atoms with Gasteiger partial charge in [-0.2, -0.15) is 0 Å². The first kappa shape index (κ1) is 14.5. The van der Waals surface area contributed by atoms with Gasteiger partial charge in [-0.1, -0.05) is 31.0 Å². The Balaban J connectivity index is 2.35. The molecule has 5 heteroatoms. The zero-order valence-corrected chi connectivity index (χ0v) is 11.1. The monoisotopic (exact) mass is 268 g/mol. The van der Waals surface area contributed by atoms with Gasteiger partial charge in [0.25, 0.3) is 5.91 Å². The normalized spacial score (nSPS) is 9.89. The number of hydrogen-bond acceptors (Lipinski definition) is 2. The number of amides is 2. The summed E-state index contributed by atoms with van der Waals surface area (Å²) in [5.41, 5.74) is 0.448. The van der Waals surface area contributed by atoms with E-state index in [0.717, 1.165) is 12.8 Å². The third-order valence-corrected chi connectivity index (χ3v) is 2.58. The second-order valence-electron chi connectivity index (χ2n) is 3.90. The van der Waals surface area contributed by atoms with Gasteiger partial charge < -0.3 is 10.6 Å². The highest BCUT2D eigenvalue weighted by Gasteiger charge is 2.07. The van der Waals surface area contributed by atoms with Crippen molar-refractivity contribution in [3.63, 3.8) is 0 Å². The zero-order chi connectivity index (χ0) is 13.4. The largest absolute Gasteiger partial charge is 0.355 e. The van der Waals surface area contributed by atoms with Crippen molar-refractivity contribution >= 4 is 23.4 Å². The van der Waals surface area contributed by atoms with Gasteiger partial charge in [-0.3, -0.25) is 9.59 Å². The molecule has 0 fully saturated rings. The lowest BCUT2D eigenvalue weighted by Gasteiger charge is -2.06. The molecule has 0 aliphatic heterocycles. The van der Waals surface area contributed by atoms with Gasteiger partial charge >= 0.3 is 0 Å².